The Labute approximate surface area is 218 Å². The molecule has 0 unspecified atom stereocenters. The molecule has 1 aliphatic rings. The first-order chi connectivity index (χ1) is 18.3. The molecule has 0 spiro atoms. The fourth-order valence-corrected chi connectivity index (χ4v) is 3.95. The molecule has 0 bridgehead atoms. The third-order valence-electron chi connectivity index (χ3n) is 5.98. The zero-order chi connectivity index (χ0) is 27.2. The van der Waals surface area contributed by atoms with E-state index in [2.05, 4.69) is 25.9 Å². The Bertz CT molecular complexity index is 1400. The Morgan fingerprint density at radius 1 is 1.11 bits per heavy atom. The van der Waals surface area contributed by atoms with Crippen LogP contribution >= 0.6 is 0 Å². The van der Waals surface area contributed by atoms with Crippen molar-refractivity contribution in [2.45, 2.75) is 38.1 Å². The number of Topliss-reactive ketones (excluding diaryl/α,β-unsaturated/α-hetero) is 1. The van der Waals surface area contributed by atoms with Gasteiger partial charge in [0, 0.05) is 43.4 Å². The standard InChI is InChI=1S/C27H25FN6O4/c1-3-4-21(35)17-7-8-19(28)24(25(17)38-26(36)16-6-10-22(30-2)32-14-16)18-11-20(18)33-27(37)34-23-9-5-15(12-29)13-31-23/h5-10,13-14,18,20H,3-4,11H2,1-2H3,(H,30,32)(H2,31,33,34,37)/t18-,20+/m0/s1. The maximum atomic E-state index is 15.2. The van der Waals surface area contributed by atoms with Gasteiger partial charge >= 0.3 is 12.0 Å². The number of ether oxygens (including phenoxy) is 1. The highest BCUT2D eigenvalue weighted by Gasteiger charge is 2.44. The van der Waals surface area contributed by atoms with E-state index >= 15 is 4.39 Å². The van der Waals surface area contributed by atoms with Crippen molar-refractivity contribution in [2.75, 3.05) is 17.7 Å². The number of amides is 2. The largest absolute Gasteiger partial charge is 0.422 e. The summed E-state index contributed by atoms with van der Waals surface area (Å²) in [7, 11) is 1.69. The van der Waals surface area contributed by atoms with E-state index in [-0.39, 0.29) is 40.5 Å². The number of rotatable bonds is 9. The molecule has 2 heterocycles. The molecule has 2 atom stereocenters. The number of ketones is 1. The number of esters is 1. The number of hydrogen-bond acceptors (Lipinski definition) is 8. The highest BCUT2D eigenvalue weighted by atomic mass is 19.1. The molecule has 0 saturated heterocycles. The number of benzene rings is 1. The number of nitrogens with zero attached hydrogens (tertiary/aromatic N) is 3. The summed E-state index contributed by atoms with van der Waals surface area (Å²) in [5.74, 6) is -1.58. The van der Waals surface area contributed by atoms with E-state index in [9.17, 15) is 14.4 Å². The third-order valence-corrected chi connectivity index (χ3v) is 5.98. The molecule has 0 aliphatic heterocycles. The molecular weight excluding hydrogens is 491 g/mol. The van der Waals surface area contributed by atoms with E-state index in [4.69, 9.17) is 10.00 Å². The number of hydrogen-bond donors (Lipinski definition) is 3. The number of anilines is 2. The lowest BCUT2D eigenvalue weighted by Crippen LogP contribution is -2.31. The molecule has 4 rings (SSSR count). The fourth-order valence-electron chi connectivity index (χ4n) is 3.95. The SMILES string of the molecule is CCCC(=O)c1ccc(F)c([C@H]2C[C@H]2NC(=O)Nc2ccc(C#N)cn2)c1OC(=O)c1ccc(NC)nc1. The van der Waals surface area contributed by atoms with Crippen molar-refractivity contribution in [3.05, 3.63) is 76.9 Å². The Morgan fingerprint density at radius 2 is 1.87 bits per heavy atom. The molecule has 3 N–H and O–H groups in total. The van der Waals surface area contributed by atoms with Crippen LogP contribution in [0.3, 0.4) is 0 Å². The molecule has 1 aliphatic carbocycles. The molecular formula is C27H25FN6O4. The second-order valence-corrected chi connectivity index (χ2v) is 8.67. The molecule has 38 heavy (non-hydrogen) atoms. The molecule has 2 aromatic heterocycles. The quantitative estimate of drug-likeness (QED) is 0.215. The first-order valence-electron chi connectivity index (χ1n) is 12.0. The van der Waals surface area contributed by atoms with E-state index in [0.29, 0.717) is 24.2 Å². The zero-order valence-electron chi connectivity index (χ0n) is 20.7. The minimum Gasteiger partial charge on any atom is -0.422 e. The summed E-state index contributed by atoms with van der Waals surface area (Å²) in [5.41, 5.74) is 0.644. The first-order valence-corrected chi connectivity index (χ1v) is 12.0. The van der Waals surface area contributed by atoms with Gasteiger partial charge in [0.15, 0.2) is 5.78 Å². The van der Waals surface area contributed by atoms with Crippen LogP contribution in [-0.2, 0) is 0 Å². The van der Waals surface area contributed by atoms with Crippen LogP contribution in [0.2, 0.25) is 0 Å². The van der Waals surface area contributed by atoms with Gasteiger partial charge in [-0.2, -0.15) is 5.26 Å². The van der Waals surface area contributed by atoms with E-state index in [1.165, 1.54) is 42.7 Å². The van der Waals surface area contributed by atoms with Crippen molar-refractivity contribution in [3.8, 4) is 11.8 Å². The Morgan fingerprint density at radius 3 is 2.50 bits per heavy atom. The van der Waals surface area contributed by atoms with Crippen LogP contribution in [0.15, 0.2) is 48.8 Å². The molecule has 1 aromatic carbocycles. The van der Waals surface area contributed by atoms with E-state index in [1.54, 1.807) is 13.1 Å². The minimum absolute atomic E-state index is 0.0573. The van der Waals surface area contributed by atoms with Gasteiger partial charge in [-0.25, -0.2) is 23.9 Å². The van der Waals surface area contributed by atoms with Gasteiger partial charge in [0.1, 0.15) is 29.3 Å². The average Bonchev–Trinajstić information content (AvgIpc) is 3.67. The monoisotopic (exact) mass is 516 g/mol. The minimum atomic E-state index is -0.785. The van der Waals surface area contributed by atoms with Gasteiger partial charge in [-0.05, 0) is 49.2 Å². The van der Waals surface area contributed by atoms with Gasteiger partial charge in [0.25, 0.3) is 0 Å². The van der Waals surface area contributed by atoms with Crippen molar-refractivity contribution >= 4 is 29.4 Å². The van der Waals surface area contributed by atoms with Gasteiger partial charge in [0.2, 0.25) is 0 Å². The first kappa shape index (κ1) is 26.2. The lowest BCUT2D eigenvalue weighted by Gasteiger charge is -2.16. The van der Waals surface area contributed by atoms with E-state index < -0.39 is 29.8 Å². The normalized spacial score (nSPS) is 15.6. The Balaban J connectivity index is 1.56. The van der Waals surface area contributed by atoms with Gasteiger partial charge in [-0.3, -0.25) is 10.1 Å². The van der Waals surface area contributed by atoms with Gasteiger partial charge < -0.3 is 15.4 Å². The van der Waals surface area contributed by atoms with Crippen molar-refractivity contribution in [1.82, 2.24) is 15.3 Å². The molecule has 3 aromatic rings. The van der Waals surface area contributed by atoms with Gasteiger partial charge in [0.05, 0.1) is 16.7 Å². The Hall–Kier alpha value is -4.85. The highest BCUT2D eigenvalue weighted by molar-refractivity contribution is 6.01. The average molecular weight is 517 g/mol. The maximum Gasteiger partial charge on any atom is 0.345 e. The molecule has 194 valence electrons. The van der Waals surface area contributed by atoms with Crippen molar-refractivity contribution in [2.24, 2.45) is 0 Å². The molecule has 2 amide bonds. The van der Waals surface area contributed by atoms with Crippen LogP contribution in [0.1, 0.15) is 63.9 Å². The summed E-state index contributed by atoms with van der Waals surface area (Å²) >= 11 is 0. The van der Waals surface area contributed by atoms with E-state index in [0.717, 1.165) is 0 Å². The lowest BCUT2D eigenvalue weighted by molar-refractivity contribution is 0.0729. The number of aromatic nitrogens is 2. The summed E-state index contributed by atoms with van der Waals surface area (Å²) in [6.07, 6.45) is 3.78. The van der Waals surface area contributed by atoms with Crippen LogP contribution in [0.4, 0.5) is 20.8 Å². The van der Waals surface area contributed by atoms with Crippen LogP contribution in [0.5, 0.6) is 5.75 Å². The number of urea groups is 1. The topological polar surface area (TPSA) is 146 Å². The highest BCUT2D eigenvalue weighted by Crippen LogP contribution is 2.47. The molecule has 1 saturated carbocycles. The summed E-state index contributed by atoms with van der Waals surface area (Å²) in [6, 6.07) is 9.50. The number of nitriles is 1. The van der Waals surface area contributed by atoms with Gasteiger partial charge in [-0.15, -0.1) is 0 Å². The smallest absolute Gasteiger partial charge is 0.345 e. The molecule has 11 heteroatoms. The van der Waals surface area contributed by atoms with Crippen LogP contribution < -0.4 is 20.7 Å². The van der Waals surface area contributed by atoms with Crippen molar-refractivity contribution in [1.29, 1.82) is 5.26 Å². The Kier molecular flexibility index (Phi) is 7.91. The summed E-state index contributed by atoms with van der Waals surface area (Å²) in [6.45, 7) is 1.84. The number of nitrogens with one attached hydrogen (secondary N) is 3. The molecule has 0 radical (unpaired) electrons. The predicted octanol–water partition coefficient (Wildman–Crippen LogP) is 4.41. The van der Waals surface area contributed by atoms with E-state index in [1.807, 2.05) is 13.0 Å². The molecule has 1 fully saturated rings. The fraction of sp³-hybridized carbons (Fsp3) is 0.259. The molecule has 10 nitrogen and oxygen atoms in total. The maximum absolute atomic E-state index is 15.2. The zero-order valence-corrected chi connectivity index (χ0v) is 20.7. The summed E-state index contributed by atoms with van der Waals surface area (Å²) in [4.78, 5) is 46.3. The summed E-state index contributed by atoms with van der Waals surface area (Å²) < 4.78 is 20.8. The number of carbonyl (C=O) groups excluding carboxylic acids is 3. The van der Waals surface area contributed by atoms with Crippen LogP contribution in [0, 0.1) is 17.1 Å². The number of halogens is 1. The second-order valence-electron chi connectivity index (χ2n) is 8.67. The number of pyridine rings is 2. The van der Waals surface area contributed by atoms with Crippen molar-refractivity contribution in [3.63, 3.8) is 0 Å². The van der Waals surface area contributed by atoms with Crippen molar-refractivity contribution < 1.29 is 23.5 Å². The third kappa shape index (κ3) is 5.92. The predicted molar refractivity (Wildman–Crippen MR) is 137 cm³/mol. The lowest BCUT2D eigenvalue weighted by atomic mass is 9.99. The van der Waals surface area contributed by atoms with Gasteiger partial charge in [-0.1, -0.05) is 6.92 Å². The second kappa shape index (κ2) is 11.5. The number of carbonyl (C=O) groups is 3. The summed E-state index contributed by atoms with van der Waals surface area (Å²) in [5, 5.41) is 17.0. The van der Waals surface area contributed by atoms with Crippen LogP contribution in [0.25, 0.3) is 0 Å². The van der Waals surface area contributed by atoms with Crippen LogP contribution in [-0.4, -0.2) is 40.8 Å².